The van der Waals surface area contributed by atoms with E-state index < -0.39 is 10.0 Å². The minimum absolute atomic E-state index is 0.00173. The minimum atomic E-state index is -3.69. The molecule has 3 fully saturated rings. The van der Waals surface area contributed by atoms with Crippen molar-refractivity contribution >= 4 is 38.2 Å². The molecule has 8 nitrogen and oxygen atoms in total. The van der Waals surface area contributed by atoms with Crippen LogP contribution in [0.1, 0.15) is 112 Å². The summed E-state index contributed by atoms with van der Waals surface area (Å²) in [5.41, 5.74) is 1.51. The Hall–Kier alpha value is -2.27. The third-order valence-corrected chi connectivity index (χ3v) is 13.2. The van der Waals surface area contributed by atoms with E-state index >= 15 is 0 Å². The summed E-state index contributed by atoms with van der Waals surface area (Å²) in [6, 6.07) is 6.26. The van der Waals surface area contributed by atoms with E-state index in [-0.39, 0.29) is 44.7 Å². The molecule has 2 N–H and O–H groups in total. The molecule has 0 radical (unpaired) electrons. The largest absolute Gasteiger partial charge is 0.339 e. The van der Waals surface area contributed by atoms with Gasteiger partial charge in [-0.3, -0.25) is 9.59 Å². The van der Waals surface area contributed by atoms with Gasteiger partial charge in [-0.05, 0) is 107 Å². The summed E-state index contributed by atoms with van der Waals surface area (Å²) >= 11 is 1.47. The van der Waals surface area contributed by atoms with Crippen LogP contribution in [0.25, 0.3) is 0 Å². The van der Waals surface area contributed by atoms with Crippen molar-refractivity contribution in [2.75, 3.05) is 25.0 Å². The van der Waals surface area contributed by atoms with Crippen molar-refractivity contribution in [3.63, 3.8) is 0 Å². The second-order valence-electron chi connectivity index (χ2n) is 15.7. The van der Waals surface area contributed by atoms with Crippen LogP contribution in [-0.2, 0) is 22.0 Å². The smallest absolute Gasteiger partial charge is 0.257 e. The third-order valence-electron chi connectivity index (χ3n) is 9.77. The Kier molecular flexibility index (Phi) is 7.24. The third kappa shape index (κ3) is 5.57. The fraction of sp³-hybridized carbons (Fsp3) is 0.636. The van der Waals surface area contributed by atoms with Crippen molar-refractivity contribution < 1.29 is 18.0 Å². The van der Waals surface area contributed by atoms with Gasteiger partial charge in [0.2, 0.25) is 10.0 Å². The molecule has 2 amide bonds. The van der Waals surface area contributed by atoms with Crippen LogP contribution in [0.5, 0.6) is 0 Å². The van der Waals surface area contributed by atoms with E-state index in [9.17, 15) is 18.0 Å². The predicted octanol–water partition coefficient (Wildman–Crippen LogP) is 5.99. The highest BCUT2D eigenvalue weighted by molar-refractivity contribution is 7.89. The summed E-state index contributed by atoms with van der Waals surface area (Å²) in [4.78, 5) is 30.6. The van der Waals surface area contributed by atoms with E-state index in [0.29, 0.717) is 29.1 Å². The van der Waals surface area contributed by atoms with Gasteiger partial charge < -0.3 is 15.5 Å². The first-order chi connectivity index (χ1) is 19.9. The first-order valence-electron chi connectivity index (χ1n) is 15.6. The summed E-state index contributed by atoms with van der Waals surface area (Å²) in [7, 11) is -3.69. The van der Waals surface area contributed by atoms with Gasteiger partial charge in [-0.2, -0.15) is 4.31 Å². The Morgan fingerprint density at radius 2 is 1.63 bits per heavy atom. The van der Waals surface area contributed by atoms with Crippen molar-refractivity contribution in [2.45, 2.75) is 109 Å². The number of nitrogens with zero attached hydrogens (tertiary/aromatic N) is 2. The molecule has 1 aliphatic carbocycles. The molecular formula is C33H46N4O4S2. The highest BCUT2D eigenvalue weighted by Gasteiger charge is 2.53. The highest BCUT2D eigenvalue weighted by atomic mass is 32.2. The number of benzene rings is 1. The van der Waals surface area contributed by atoms with Gasteiger partial charge in [0.25, 0.3) is 11.8 Å². The zero-order valence-corrected chi connectivity index (χ0v) is 28.2. The number of rotatable bonds is 5. The van der Waals surface area contributed by atoms with Crippen molar-refractivity contribution in [3.05, 3.63) is 45.8 Å². The predicted molar refractivity (Wildman–Crippen MR) is 171 cm³/mol. The maximum absolute atomic E-state index is 13.9. The highest BCUT2D eigenvalue weighted by Crippen LogP contribution is 2.53. The summed E-state index contributed by atoms with van der Waals surface area (Å²) in [5.74, 6) is -0.373. The number of fused-ring (bicyclic) bond motifs is 3. The Bertz CT molecular complexity index is 1570. The van der Waals surface area contributed by atoms with E-state index in [4.69, 9.17) is 0 Å². The number of hydrogen-bond acceptors (Lipinski definition) is 6. The summed E-state index contributed by atoms with van der Waals surface area (Å²) < 4.78 is 29.2. The Balaban J connectivity index is 1.27. The standard InChI is InChI=1S/C33H46N4O4S2/c1-30(2)16-22-17-33(7,19-30)20-37(22)43(40,41)23-12-10-21(11-13-23)27(38)34-28-25(29(39)36-14-8-9-15-36)24-18-31(3,4)35-32(5,6)26(24)42-28/h10-13,22,35H,8-9,14-20H2,1-7H3,(H,34,38). The second-order valence-corrected chi connectivity index (χ2v) is 18.6. The normalized spacial score (nSPS) is 27.6. The molecular weight excluding hydrogens is 581 g/mol. The molecule has 4 heterocycles. The van der Waals surface area contributed by atoms with Crippen LogP contribution in [0.2, 0.25) is 0 Å². The van der Waals surface area contributed by atoms with E-state index in [1.165, 1.54) is 11.3 Å². The number of amides is 2. The molecule has 10 heteroatoms. The van der Waals surface area contributed by atoms with E-state index in [1.807, 2.05) is 4.90 Å². The van der Waals surface area contributed by atoms with Gasteiger partial charge in [0.1, 0.15) is 5.00 Å². The molecule has 2 unspecified atom stereocenters. The number of likely N-dealkylation sites (tertiary alicyclic amines) is 1. The Labute approximate surface area is 260 Å². The minimum Gasteiger partial charge on any atom is -0.339 e. The van der Waals surface area contributed by atoms with Crippen molar-refractivity contribution in [2.24, 2.45) is 10.8 Å². The van der Waals surface area contributed by atoms with Crippen LogP contribution in [0.15, 0.2) is 29.2 Å². The van der Waals surface area contributed by atoms with Gasteiger partial charge in [0.15, 0.2) is 0 Å². The number of anilines is 1. The average molecular weight is 627 g/mol. The lowest BCUT2D eigenvalue weighted by Gasteiger charge is -2.42. The van der Waals surface area contributed by atoms with Crippen LogP contribution in [0, 0.1) is 10.8 Å². The van der Waals surface area contributed by atoms with Crippen LogP contribution in [-0.4, -0.2) is 60.7 Å². The SMILES string of the molecule is CC1(C)CC2CC(C)(CN2S(=O)(=O)c2ccc(C(=O)Nc3sc4c(c3C(=O)N3CCCC3)CC(C)(C)NC4(C)C)cc2)C1. The zero-order valence-electron chi connectivity index (χ0n) is 26.6. The topological polar surface area (TPSA) is 98.8 Å². The summed E-state index contributed by atoms with van der Waals surface area (Å²) in [5, 5.41) is 7.32. The number of sulfonamides is 1. The van der Waals surface area contributed by atoms with Crippen LogP contribution in [0.4, 0.5) is 5.00 Å². The van der Waals surface area contributed by atoms with Gasteiger partial charge in [0, 0.05) is 47.2 Å². The molecule has 3 aliphatic heterocycles. The summed E-state index contributed by atoms with van der Waals surface area (Å²) in [6.07, 6.45) is 5.43. The van der Waals surface area contributed by atoms with Gasteiger partial charge in [-0.1, -0.05) is 20.8 Å². The second kappa shape index (κ2) is 10.1. The average Bonchev–Trinajstić information content (AvgIpc) is 3.59. The molecule has 2 bridgehead atoms. The van der Waals surface area contributed by atoms with Gasteiger partial charge in [-0.15, -0.1) is 11.3 Å². The Morgan fingerprint density at radius 1 is 0.977 bits per heavy atom. The van der Waals surface area contributed by atoms with Crippen molar-refractivity contribution in [1.82, 2.24) is 14.5 Å². The molecule has 43 heavy (non-hydrogen) atoms. The number of hydrogen-bond donors (Lipinski definition) is 2. The molecule has 4 aliphatic rings. The summed E-state index contributed by atoms with van der Waals surface area (Å²) in [6.45, 7) is 17.2. The molecule has 2 saturated heterocycles. The monoisotopic (exact) mass is 626 g/mol. The number of carbonyl (C=O) groups is 2. The molecule has 1 aromatic heterocycles. The lowest BCUT2D eigenvalue weighted by molar-refractivity contribution is 0.0792. The molecule has 2 atom stereocenters. The van der Waals surface area contributed by atoms with E-state index in [2.05, 4.69) is 59.1 Å². The lowest BCUT2D eigenvalue weighted by Crippen LogP contribution is -2.55. The molecule has 1 aromatic carbocycles. The van der Waals surface area contributed by atoms with Gasteiger partial charge in [-0.25, -0.2) is 8.42 Å². The van der Waals surface area contributed by atoms with Crippen molar-refractivity contribution in [1.29, 1.82) is 0 Å². The number of nitrogens with one attached hydrogen (secondary N) is 2. The fourth-order valence-electron chi connectivity index (χ4n) is 8.70. The van der Waals surface area contributed by atoms with Crippen molar-refractivity contribution in [3.8, 4) is 0 Å². The van der Waals surface area contributed by atoms with Gasteiger partial charge >= 0.3 is 0 Å². The number of carbonyl (C=O) groups excluding carboxylic acids is 2. The first-order valence-corrected chi connectivity index (χ1v) is 17.8. The van der Waals surface area contributed by atoms with Gasteiger partial charge in [0.05, 0.1) is 10.5 Å². The first kappa shape index (κ1) is 30.7. The molecule has 234 valence electrons. The quantitative estimate of drug-likeness (QED) is 0.425. The lowest BCUT2D eigenvalue weighted by atomic mass is 9.65. The van der Waals surface area contributed by atoms with Crippen LogP contribution in [0.3, 0.4) is 0 Å². The Morgan fingerprint density at radius 3 is 2.28 bits per heavy atom. The molecule has 2 aromatic rings. The van der Waals surface area contributed by atoms with Crippen LogP contribution < -0.4 is 10.6 Å². The molecule has 0 spiro atoms. The fourth-order valence-corrected chi connectivity index (χ4v) is 11.7. The maximum atomic E-state index is 13.9. The van der Waals surface area contributed by atoms with Crippen LogP contribution >= 0.6 is 11.3 Å². The molecule has 1 saturated carbocycles. The number of thiophene rings is 1. The van der Waals surface area contributed by atoms with E-state index in [0.717, 1.165) is 55.6 Å². The zero-order chi connectivity index (χ0) is 31.2. The maximum Gasteiger partial charge on any atom is 0.257 e. The van der Waals surface area contributed by atoms with E-state index in [1.54, 1.807) is 28.6 Å². The molecule has 6 rings (SSSR count).